The van der Waals surface area contributed by atoms with Crippen LogP contribution in [0.4, 0.5) is 0 Å². The first kappa shape index (κ1) is 18.2. The van der Waals surface area contributed by atoms with Crippen LogP contribution in [0.3, 0.4) is 0 Å². The number of hydrogen-bond donors (Lipinski definition) is 0. The van der Waals surface area contributed by atoms with Crippen molar-refractivity contribution in [1.29, 1.82) is 0 Å². The van der Waals surface area contributed by atoms with Crippen molar-refractivity contribution in [3.63, 3.8) is 0 Å². The zero-order chi connectivity index (χ0) is 18.6. The largest absolute Gasteiger partial charge is 0.342 e. The van der Waals surface area contributed by atoms with E-state index in [0.717, 1.165) is 64.2 Å². The highest BCUT2D eigenvalue weighted by Crippen LogP contribution is 2.29. The lowest BCUT2D eigenvalue weighted by Gasteiger charge is -2.36. The molecule has 6 heteroatoms. The highest BCUT2D eigenvalue weighted by Gasteiger charge is 2.31. The van der Waals surface area contributed by atoms with Gasteiger partial charge in [-0.05, 0) is 57.0 Å². The Hall–Kier alpha value is -2.21. The number of likely N-dealkylation sites (tertiary alicyclic amines) is 2. The molecule has 0 spiro atoms. The van der Waals surface area contributed by atoms with Gasteiger partial charge in [0.05, 0.1) is 5.92 Å². The fraction of sp³-hybridized carbons (Fsp3) is 0.571. The van der Waals surface area contributed by atoms with Crippen molar-refractivity contribution < 1.29 is 4.79 Å². The molecule has 4 rings (SSSR count). The van der Waals surface area contributed by atoms with Crippen molar-refractivity contribution in [1.82, 2.24) is 24.3 Å². The van der Waals surface area contributed by atoms with Gasteiger partial charge >= 0.3 is 0 Å². The lowest BCUT2D eigenvalue weighted by molar-refractivity contribution is -0.138. The van der Waals surface area contributed by atoms with E-state index in [1.54, 1.807) is 0 Å². The maximum Gasteiger partial charge on any atom is 0.226 e. The summed E-state index contributed by atoms with van der Waals surface area (Å²) in [5, 5.41) is 0. The molecule has 0 aliphatic carbocycles. The summed E-state index contributed by atoms with van der Waals surface area (Å²) >= 11 is 0. The second kappa shape index (κ2) is 8.21. The minimum atomic E-state index is 0.189. The molecule has 2 fully saturated rings. The fourth-order valence-electron chi connectivity index (χ4n) is 4.48. The van der Waals surface area contributed by atoms with Gasteiger partial charge in [-0.15, -0.1) is 0 Å². The summed E-state index contributed by atoms with van der Waals surface area (Å²) in [7, 11) is 2.12. The summed E-state index contributed by atoms with van der Waals surface area (Å²) < 4.78 is 2.24. The number of pyridine rings is 1. The summed E-state index contributed by atoms with van der Waals surface area (Å²) in [6.07, 6.45) is 11.8. The average Bonchev–Trinajstić information content (AvgIpc) is 3.16. The zero-order valence-electron chi connectivity index (χ0n) is 16.1. The second-order valence-corrected chi connectivity index (χ2v) is 7.97. The van der Waals surface area contributed by atoms with Crippen LogP contribution in [0.15, 0.2) is 36.9 Å². The van der Waals surface area contributed by atoms with Crippen molar-refractivity contribution in [2.24, 2.45) is 5.92 Å². The van der Waals surface area contributed by atoms with Crippen molar-refractivity contribution in [3.8, 4) is 0 Å². The smallest absolute Gasteiger partial charge is 0.226 e. The van der Waals surface area contributed by atoms with Crippen LogP contribution < -0.4 is 0 Å². The van der Waals surface area contributed by atoms with E-state index in [2.05, 4.69) is 37.6 Å². The van der Waals surface area contributed by atoms with Crippen LogP contribution >= 0.6 is 0 Å². The Morgan fingerprint density at radius 1 is 1.11 bits per heavy atom. The summed E-state index contributed by atoms with van der Waals surface area (Å²) in [5.74, 6) is 2.13. The van der Waals surface area contributed by atoms with Gasteiger partial charge in [0, 0.05) is 56.9 Å². The molecule has 2 aliphatic rings. The van der Waals surface area contributed by atoms with Crippen molar-refractivity contribution in [2.45, 2.75) is 38.1 Å². The second-order valence-electron chi connectivity index (χ2n) is 7.97. The molecule has 2 aromatic heterocycles. The molecule has 27 heavy (non-hydrogen) atoms. The predicted octanol–water partition coefficient (Wildman–Crippen LogP) is 2.37. The predicted molar refractivity (Wildman–Crippen MR) is 104 cm³/mol. The van der Waals surface area contributed by atoms with E-state index in [9.17, 15) is 4.79 Å². The van der Waals surface area contributed by atoms with Crippen LogP contribution in [0.2, 0.25) is 0 Å². The summed E-state index contributed by atoms with van der Waals surface area (Å²) in [6.45, 7) is 4.56. The molecule has 2 saturated heterocycles. The van der Waals surface area contributed by atoms with Crippen LogP contribution in [-0.2, 0) is 11.3 Å². The molecule has 0 N–H and O–H groups in total. The van der Waals surface area contributed by atoms with E-state index in [4.69, 9.17) is 0 Å². The van der Waals surface area contributed by atoms with Gasteiger partial charge in [0.1, 0.15) is 5.82 Å². The van der Waals surface area contributed by atoms with Crippen LogP contribution in [0.1, 0.15) is 43.0 Å². The number of rotatable bonds is 4. The Morgan fingerprint density at radius 3 is 2.63 bits per heavy atom. The van der Waals surface area contributed by atoms with Crippen LogP contribution in [0, 0.1) is 5.92 Å². The van der Waals surface area contributed by atoms with Crippen LogP contribution in [-0.4, -0.2) is 63.5 Å². The normalized spacial score (nSPS) is 22.1. The van der Waals surface area contributed by atoms with Crippen molar-refractivity contribution in [3.05, 3.63) is 48.3 Å². The maximum atomic E-state index is 12.9. The van der Waals surface area contributed by atoms with E-state index < -0.39 is 0 Å². The molecular weight excluding hydrogens is 338 g/mol. The third-order valence-corrected chi connectivity index (χ3v) is 6.00. The number of nitrogens with zero attached hydrogens (tertiary/aromatic N) is 5. The molecule has 144 valence electrons. The molecule has 6 nitrogen and oxygen atoms in total. The third-order valence-electron chi connectivity index (χ3n) is 6.00. The Kier molecular flexibility index (Phi) is 5.53. The van der Waals surface area contributed by atoms with Gasteiger partial charge in [0.15, 0.2) is 0 Å². The Morgan fingerprint density at radius 2 is 1.89 bits per heavy atom. The first-order valence-corrected chi connectivity index (χ1v) is 10.1. The van der Waals surface area contributed by atoms with Gasteiger partial charge < -0.3 is 14.4 Å². The van der Waals surface area contributed by atoms with Gasteiger partial charge in [0.2, 0.25) is 5.91 Å². The Balaban J connectivity index is 1.36. The molecule has 2 aliphatic heterocycles. The summed E-state index contributed by atoms with van der Waals surface area (Å²) in [4.78, 5) is 26.0. The third kappa shape index (κ3) is 4.21. The van der Waals surface area contributed by atoms with Crippen LogP contribution in [0.5, 0.6) is 0 Å². The first-order chi connectivity index (χ1) is 13.2. The molecule has 0 bridgehead atoms. The Labute approximate surface area is 161 Å². The number of hydrogen-bond acceptors (Lipinski definition) is 4. The molecule has 1 unspecified atom stereocenters. The number of piperidine rings is 2. The van der Waals surface area contributed by atoms with E-state index >= 15 is 0 Å². The number of amides is 1. The van der Waals surface area contributed by atoms with E-state index in [-0.39, 0.29) is 5.92 Å². The van der Waals surface area contributed by atoms with Crippen molar-refractivity contribution >= 4 is 5.91 Å². The molecule has 2 aromatic rings. The summed E-state index contributed by atoms with van der Waals surface area (Å²) in [6, 6.07) is 4.10. The molecular formula is C21H29N5O. The fourth-order valence-corrected chi connectivity index (χ4v) is 4.48. The number of carbonyl (C=O) groups excluding carboxylic acids is 1. The molecule has 1 atom stereocenters. The number of aromatic nitrogens is 3. The average molecular weight is 367 g/mol. The zero-order valence-corrected chi connectivity index (χ0v) is 16.1. The maximum absolute atomic E-state index is 12.9. The van der Waals surface area contributed by atoms with E-state index in [1.165, 1.54) is 5.56 Å². The van der Waals surface area contributed by atoms with Gasteiger partial charge in [-0.3, -0.25) is 9.78 Å². The van der Waals surface area contributed by atoms with Gasteiger partial charge in [-0.25, -0.2) is 4.98 Å². The lowest BCUT2D eigenvalue weighted by atomic mass is 9.92. The van der Waals surface area contributed by atoms with Gasteiger partial charge in [-0.1, -0.05) is 0 Å². The highest BCUT2D eigenvalue weighted by atomic mass is 16.2. The standard InChI is InChI=1S/C21H29N5O/c1-24-11-2-3-19(16-24)21(27)25-12-6-18(7-13-25)20-23-10-14-26(20)15-17-4-8-22-9-5-17/h4-5,8-10,14,18-19H,2-3,6-7,11-13,15-16H2,1H3. The van der Waals surface area contributed by atoms with Crippen LogP contribution in [0.25, 0.3) is 0 Å². The topological polar surface area (TPSA) is 54.3 Å². The highest BCUT2D eigenvalue weighted by molar-refractivity contribution is 5.79. The molecule has 0 radical (unpaired) electrons. The SMILES string of the molecule is CN1CCCC(C(=O)N2CCC(c3nccn3Cc3ccncc3)CC2)C1. The first-order valence-electron chi connectivity index (χ1n) is 10.1. The van der Waals surface area contributed by atoms with Gasteiger partial charge in [0.25, 0.3) is 0 Å². The number of carbonyl (C=O) groups is 1. The van der Waals surface area contributed by atoms with Crippen molar-refractivity contribution in [2.75, 3.05) is 33.2 Å². The summed E-state index contributed by atoms with van der Waals surface area (Å²) in [5.41, 5.74) is 1.23. The monoisotopic (exact) mass is 367 g/mol. The molecule has 0 saturated carbocycles. The number of imidazole rings is 1. The lowest BCUT2D eigenvalue weighted by Crippen LogP contribution is -2.46. The minimum absolute atomic E-state index is 0.189. The Bertz CT molecular complexity index is 751. The molecule has 0 aromatic carbocycles. The minimum Gasteiger partial charge on any atom is -0.342 e. The quantitative estimate of drug-likeness (QED) is 0.833. The molecule has 1 amide bonds. The van der Waals surface area contributed by atoms with E-state index in [0.29, 0.717) is 11.8 Å². The van der Waals surface area contributed by atoms with E-state index in [1.807, 2.05) is 30.7 Å². The van der Waals surface area contributed by atoms with Gasteiger partial charge in [-0.2, -0.15) is 0 Å². The molecule has 4 heterocycles.